The Kier molecular flexibility index (Phi) is 5.44. The van der Waals surface area contributed by atoms with Crippen molar-refractivity contribution < 1.29 is 8.78 Å². The van der Waals surface area contributed by atoms with Crippen molar-refractivity contribution in [2.24, 2.45) is 0 Å². The summed E-state index contributed by atoms with van der Waals surface area (Å²) >= 11 is 0. The second kappa shape index (κ2) is 7.31. The van der Waals surface area contributed by atoms with Crippen molar-refractivity contribution in [1.29, 1.82) is 0 Å². The van der Waals surface area contributed by atoms with E-state index in [1.54, 1.807) is 6.20 Å². The molecule has 0 fully saturated rings. The van der Waals surface area contributed by atoms with E-state index in [2.05, 4.69) is 21.8 Å². The highest BCUT2D eigenvalue weighted by atomic mass is 19.1. The normalized spacial score (nSPS) is 12.6. The largest absolute Gasteiger partial charge is 0.335 e. The zero-order valence-electron chi connectivity index (χ0n) is 12.4. The maximum atomic E-state index is 13.4. The van der Waals surface area contributed by atoms with Gasteiger partial charge in [-0.25, -0.2) is 13.8 Å². The molecule has 1 aromatic heterocycles. The molecule has 0 amide bonds. The van der Waals surface area contributed by atoms with Gasteiger partial charge >= 0.3 is 0 Å². The molecular weight excluding hydrogens is 272 g/mol. The number of imidazole rings is 1. The second-order valence-corrected chi connectivity index (χ2v) is 5.05. The fourth-order valence-corrected chi connectivity index (χ4v) is 2.49. The number of likely N-dealkylation sites (N-methyl/N-ethyl adjacent to an activating group) is 1. The maximum Gasteiger partial charge on any atom is 0.126 e. The van der Waals surface area contributed by atoms with Gasteiger partial charge in [-0.2, -0.15) is 0 Å². The van der Waals surface area contributed by atoms with E-state index in [1.165, 1.54) is 12.1 Å². The van der Waals surface area contributed by atoms with Gasteiger partial charge in [-0.3, -0.25) is 0 Å². The molecule has 0 aliphatic rings. The van der Waals surface area contributed by atoms with E-state index in [0.29, 0.717) is 12.0 Å². The predicted octanol–water partition coefficient (Wildman–Crippen LogP) is 3.46. The molecule has 1 heterocycles. The van der Waals surface area contributed by atoms with E-state index in [1.807, 2.05) is 13.1 Å². The minimum atomic E-state index is -0.551. The van der Waals surface area contributed by atoms with E-state index in [4.69, 9.17) is 0 Å². The molecule has 2 aromatic rings. The summed E-state index contributed by atoms with van der Waals surface area (Å²) in [4.78, 5) is 4.36. The van der Waals surface area contributed by atoms with Crippen molar-refractivity contribution in [1.82, 2.24) is 14.9 Å². The van der Waals surface area contributed by atoms with Gasteiger partial charge in [0.2, 0.25) is 0 Å². The van der Waals surface area contributed by atoms with Crippen LogP contribution in [0, 0.1) is 11.6 Å². The average Bonchev–Trinajstić information content (AvgIpc) is 2.85. The number of nitrogens with one attached hydrogen (secondary N) is 1. The van der Waals surface area contributed by atoms with Crippen molar-refractivity contribution >= 4 is 0 Å². The topological polar surface area (TPSA) is 29.9 Å². The first-order valence-corrected chi connectivity index (χ1v) is 7.33. The van der Waals surface area contributed by atoms with Gasteiger partial charge in [0.05, 0.1) is 0 Å². The van der Waals surface area contributed by atoms with Crippen LogP contribution in [0.4, 0.5) is 8.78 Å². The van der Waals surface area contributed by atoms with Crippen molar-refractivity contribution in [3.8, 4) is 0 Å². The third kappa shape index (κ3) is 4.11. The molecule has 21 heavy (non-hydrogen) atoms. The molecule has 114 valence electrons. The van der Waals surface area contributed by atoms with Gasteiger partial charge in [-0.05, 0) is 30.7 Å². The molecule has 1 N–H and O–H groups in total. The van der Waals surface area contributed by atoms with Crippen LogP contribution in [0.25, 0.3) is 0 Å². The van der Waals surface area contributed by atoms with Crippen molar-refractivity contribution in [2.45, 2.75) is 39.3 Å². The minimum absolute atomic E-state index is 0.154. The van der Waals surface area contributed by atoms with E-state index in [9.17, 15) is 8.78 Å². The van der Waals surface area contributed by atoms with Gasteiger partial charge in [0.15, 0.2) is 0 Å². The first-order chi connectivity index (χ1) is 10.1. The van der Waals surface area contributed by atoms with Gasteiger partial charge in [0, 0.05) is 37.5 Å². The number of aryl methyl sites for hydroxylation is 1. The minimum Gasteiger partial charge on any atom is -0.335 e. The summed E-state index contributed by atoms with van der Waals surface area (Å²) in [6.45, 7) is 5.69. The molecular formula is C16H21F2N3. The molecule has 5 heteroatoms. The van der Waals surface area contributed by atoms with Crippen LogP contribution >= 0.6 is 0 Å². The van der Waals surface area contributed by atoms with Gasteiger partial charge < -0.3 is 9.88 Å². The fraction of sp³-hybridized carbons (Fsp3) is 0.438. The lowest BCUT2D eigenvalue weighted by atomic mass is 10.0. The third-order valence-corrected chi connectivity index (χ3v) is 3.39. The quantitative estimate of drug-likeness (QED) is 0.847. The molecule has 0 aliphatic carbocycles. The lowest BCUT2D eigenvalue weighted by Gasteiger charge is -2.19. The van der Waals surface area contributed by atoms with Gasteiger partial charge in [-0.15, -0.1) is 0 Å². The maximum absolute atomic E-state index is 13.4. The number of hydrogen-bond acceptors (Lipinski definition) is 2. The molecule has 1 unspecified atom stereocenters. The van der Waals surface area contributed by atoms with Crippen LogP contribution in [-0.2, 0) is 13.0 Å². The molecule has 0 radical (unpaired) electrons. The molecule has 0 spiro atoms. The molecule has 0 saturated carbocycles. The van der Waals surface area contributed by atoms with Crippen molar-refractivity contribution in [3.63, 3.8) is 0 Å². The van der Waals surface area contributed by atoms with Gasteiger partial charge in [0.1, 0.15) is 17.5 Å². The SMILES string of the molecule is CCCn1ccnc1CC(NCC)c1cc(F)cc(F)c1. The number of hydrogen-bond donors (Lipinski definition) is 1. The molecule has 0 aliphatic heterocycles. The number of nitrogens with zero attached hydrogens (tertiary/aromatic N) is 2. The van der Waals surface area contributed by atoms with Crippen LogP contribution in [-0.4, -0.2) is 16.1 Å². The Bertz CT molecular complexity index is 560. The number of halogens is 2. The Balaban J connectivity index is 2.24. The van der Waals surface area contributed by atoms with Gasteiger partial charge in [-0.1, -0.05) is 13.8 Å². The van der Waals surface area contributed by atoms with Crippen LogP contribution in [0.2, 0.25) is 0 Å². The number of rotatable bonds is 7. The molecule has 3 nitrogen and oxygen atoms in total. The zero-order chi connectivity index (χ0) is 15.2. The Labute approximate surface area is 124 Å². The lowest BCUT2D eigenvalue weighted by Crippen LogP contribution is -2.24. The van der Waals surface area contributed by atoms with Crippen molar-refractivity contribution in [3.05, 3.63) is 53.6 Å². The highest BCUT2D eigenvalue weighted by Gasteiger charge is 2.16. The second-order valence-electron chi connectivity index (χ2n) is 5.05. The van der Waals surface area contributed by atoms with Crippen LogP contribution in [0.5, 0.6) is 0 Å². The summed E-state index contributed by atoms with van der Waals surface area (Å²) in [6, 6.07) is 3.50. The number of aromatic nitrogens is 2. The van der Waals surface area contributed by atoms with Crippen LogP contribution in [0.15, 0.2) is 30.6 Å². The molecule has 1 atom stereocenters. The van der Waals surface area contributed by atoms with Crippen LogP contribution < -0.4 is 5.32 Å². The summed E-state index contributed by atoms with van der Waals surface area (Å²) in [5.74, 6) is -0.179. The van der Waals surface area contributed by atoms with E-state index in [0.717, 1.165) is 31.4 Å². The average molecular weight is 293 g/mol. The summed E-state index contributed by atoms with van der Waals surface area (Å²) in [7, 11) is 0. The smallest absolute Gasteiger partial charge is 0.126 e. The summed E-state index contributed by atoms with van der Waals surface area (Å²) in [6.07, 6.45) is 5.32. The Morgan fingerprint density at radius 3 is 2.52 bits per heavy atom. The van der Waals surface area contributed by atoms with E-state index in [-0.39, 0.29) is 6.04 Å². The summed E-state index contributed by atoms with van der Waals surface area (Å²) < 4.78 is 28.9. The molecule has 1 aromatic carbocycles. The highest BCUT2D eigenvalue weighted by Crippen LogP contribution is 2.20. The first kappa shape index (κ1) is 15.6. The lowest BCUT2D eigenvalue weighted by molar-refractivity contribution is 0.505. The highest BCUT2D eigenvalue weighted by molar-refractivity contribution is 5.22. The Morgan fingerprint density at radius 1 is 1.19 bits per heavy atom. The Hall–Kier alpha value is -1.75. The van der Waals surface area contributed by atoms with Crippen LogP contribution in [0.1, 0.15) is 37.7 Å². The molecule has 0 saturated heterocycles. The molecule has 2 rings (SSSR count). The predicted molar refractivity (Wildman–Crippen MR) is 79.0 cm³/mol. The standard InChI is InChI=1S/C16H21F2N3/c1-3-6-21-7-5-20-16(21)11-15(19-4-2)12-8-13(17)10-14(18)9-12/h5,7-10,15,19H,3-4,6,11H2,1-2H3. The van der Waals surface area contributed by atoms with Crippen molar-refractivity contribution in [2.75, 3.05) is 6.54 Å². The summed E-state index contributed by atoms with van der Waals surface area (Å²) in [5.41, 5.74) is 0.611. The summed E-state index contributed by atoms with van der Waals surface area (Å²) in [5, 5.41) is 3.27. The fourth-order valence-electron chi connectivity index (χ4n) is 2.49. The van der Waals surface area contributed by atoms with E-state index < -0.39 is 11.6 Å². The van der Waals surface area contributed by atoms with Crippen LogP contribution in [0.3, 0.4) is 0 Å². The first-order valence-electron chi connectivity index (χ1n) is 7.33. The molecule has 0 bridgehead atoms. The monoisotopic (exact) mass is 293 g/mol. The Morgan fingerprint density at radius 2 is 1.90 bits per heavy atom. The van der Waals surface area contributed by atoms with Gasteiger partial charge in [0.25, 0.3) is 0 Å². The third-order valence-electron chi connectivity index (χ3n) is 3.39. The zero-order valence-corrected chi connectivity index (χ0v) is 12.4. The number of benzene rings is 1. The van der Waals surface area contributed by atoms with E-state index >= 15 is 0 Å².